The molecule has 0 atom stereocenters. The number of fused-ring (bicyclic) bond motifs is 3. The molecule has 0 saturated heterocycles. The van der Waals surface area contributed by atoms with E-state index in [4.69, 9.17) is 5.73 Å². The highest BCUT2D eigenvalue weighted by Crippen LogP contribution is 2.45. The molecule has 0 aromatic heterocycles. The van der Waals surface area contributed by atoms with Gasteiger partial charge in [-0.1, -0.05) is 18.2 Å². The number of rotatable bonds is 2. The van der Waals surface area contributed by atoms with Crippen LogP contribution in [0.5, 0.6) is 0 Å². The van der Waals surface area contributed by atoms with Gasteiger partial charge in [0.1, 0.15) is 0 Å². The second-order valence-corrected chi connectivity index (χ2v) is 7.17. The minimum absolute atomic E-state index is 0.401. The van der Waals surface area contributed by atoms with Crippen molar-refractivity contribution in [2.45, 2.75) is 32.8 Å². The third kappa shape index (κ3) is 2.27. The van der Waals surface area contributed by atoms with Gasteiger partial charge in [-0.3, -0.25) is 4.79 Å². The number of hydrogen-bond donors (Lipinski definition) is 2. The van der Waals surface area contributed by atoms with Crippen molar-refractivity contribution in [2.75, 3.05) is 0 Å². The zero-order valence-electron chi connectivity index (χ0n) is 12.8. The fraction of sp³-hybridized carbons (Fsp3) is 0.278. The van der Waals surface area contributed by atoms with Crippen molar-refractivity contribution in [3.05, 3.63) is 56.6 Å². The molecular formula is C18H18BrNO2. The van der Waals surface area contributed by atoms with Gasteiger partial charge in [0.05, 0.1) is 5.60 Å². The van der Waals surface area contributed by atoms with Crippen LogP contribution in [0.1, 0.15) is 46.5 Å². The second kappa shape index (κ2) is 4.93. The maximum Gasteiger partial charge on any atom is 0.249 e. The summed E-state index contributed by atoms with van der Waals surface area (Å²) in [5.41, 5.74) is 11.3. The molecule has 0 bridgehead atoms. The van der Waals surface area contributed by atoms with Crippen molar-refractivity contribution in [2.24, 2.45) is 5.73 Å². The fourth-order valence-electron chi connectivity index (χ4n) is 3.07. The standard InChI is InChI=1S/C18H18BrNO2/c1-9-6-14(17(20)21)13-8-10-7-11(18(2,3)22)4-5-12(10)15(13)16(9)19/h4-7,22H,8H2,1-3H3,(H2,20,21). The van der Waals surface area contributed by atoms with E-state index in [1.807, 2.05) is 31.2 Å². The number of aryl methyl sites for hydroxylation is 1. The average molecular weight is 360 g/mol. The van der Waals surface area contributed by atoms with E-state index in [-0.39, 0.29) is 0 Å². The van der Waals surface area contributed by atoms with E-state index in [9.17, 15) is 9.90 Å². The Kier molecular flexibility index (Phi) is 3.42. The molecule has 0 unspecified atom stereocenters. The van der Waals surface area contributed by atoms with Crippen LogP contribution in [0.3, 0.4) is 0 Å². The van der Waals surface area contributed by atoms with Crippen molar-refractivity contribution < 1.29 is 9.90 Å². The summed E-state index contributed by atoms with van der Waals surface area (Å²) in [6.07, 6.45) is 0.658. The first-order valence-electron chi connectivity index (χ1n) is 7.18. The highest BCUT2D eigenvalue weighted by molar-refractivity contribution is 9.10. The quantitative estimate of drug-likeness (QED) is 0.733. The number of carbonyl (C=O) groups excluding carboxylic acids is 1. The third-order valence-corrected chi connectivity index (χ3v) is 5.29. The average Bonchev–Trinajstić information content (AvgIpc) is 2.79. The van der Waals surface area contributed by atoms with Gasteiger partial charge in [0, 0.05) is 15.6 Å². The van der Waals surface area contributed by atoms with Crippen LogP contribution in [-0.2, 0) is 12.0 Å². The molecule has 114 valence electrons. The van der Waals surface area contributed by atoms with E-state index in [2.05, 4.69) is 15.9 Å². The molecule has 0 heterocycles. The van der Waals surface area contributed by atoms with Crippen LogP contribution in [0.15, 0.2) is 28.7 Å². The number of hydrogen-bond acceptors (Lipinski definition) is 2. The molecule has 3 N–H and O–H groups in total. The summed E-state index contributed by atoms with van der Waals surface area (Å²) in [7, 11) is 0. The van der Waals surface area contributed by atoms with Crippen LogP contribution >= 0.6 is 15.9 Å². The Morgan fingerprint density at radius 1 is 1.32 bits per heavy atom. The minimum Gasteiger partial charge on any atom is -0.386 e. The maximum atomic E-state index is 11.8. The zero-order chi connectivity index (χ0) is 16.2. The Balaban J connectivity index is 2.25. The maximum absolute atomic E-state index is 11.8. The molecule has 0 fully saturated rings. The SMILES string of the molecule is Cc1cc(C(N)=O)c2c(c1Br)-c1ccc(C(C)(C)O)cc1C2. The van der Waals surface area contributed by atoms with Crippen LogP contribution in [0.25, 0.3) is 11.1 Å². The van der Waals surface area contributed by atoms with Gasteiger partial charge in [0.15, 0.2) is 0 Å². The van der Waals surface area contributed by atoms with Crippen LogP contribution in [0.2, 0.25) is 0 Å². The number of nitrogens with two attached hydrogens (primary N) is 1. The fourth-order valence-corrected chi connectivity index (χ4v) is 3.64. The van der Waals surface area contributed by atoms with Crippen molar-refractivity contribution in [1.82, 2.24) is 0 Å². The number of carbonyl (C=O) groups is 1. The van der Waals surface area contributed by atoms with Gasteiger partial charge in [-0.15, -0.1) is 0 Å². The lowest BCUT2D eigenvalue weighted by Gasteiger charge is -2.18. The summed E-state index contributed by atoms with van der Waals surface area (Å²) in [6, 6.07) is 7.81. The summed E-state index contributed by atoms with van der Waals surface area (Å²) in [5, 5.41) is 10.2. The number of halogens is 1. The number of benzene rings is 2. The molecule has 0 spiro atoms. The Morgan fingerprint density at radius 3 is 2.59 bits per heavy atom. The molecule has 2 aromatic rings. The Morgan fingerprint density at radius 2 is 2.00 bits per heavy atom. The van der Waals surface area contributed by atoms with Crippen LogP contribution in [0, 0.1) is 6.92 Å². The zero-order valence-corrected chi connectivity index (χ0v) is 14.4. The second-order valence-electron chi connectivity index (χ2n) is 6.38. The van der Waals surface area contributed by atoms with Gasteiger partial charge in [0.25, 0.3) is 0 Å². The normalized spacial score (nSPS) is 13.0. The molecular weight excluding hydrogens is 342 g/mol. The summed E-state index contributed by atoms with van der Waals surface area (Å²) in [5.74, 6) is -0.401. The highest BCUT2D eigenvalue weighted by Gasteiger charge is 2.28. The molecule has 3 nitrogen and oxygen atoms in total. The van der Waals surface area contributed by atoms with Gasteiger partial charge in [-0.2, -0.15) is 0 Å². The van der Waals surface area contributed by atoms with Crippen molar-refractivity contribution in [3.8, 4) is 11.1 Å². The summed E-state index contributed by atoms with van der Waals surface area (Å²) in [6.45, 7) is 5.50. The molecule has 22 heavy (non-hydrogen) atoms. The van der Waals surface area contributed by atoms with Crippen molar-refractivity contribution >= 4 is 21.8 Å². The van der Waals surface area contributed by atoms with Gasteiger partial charge in [0.2, 0.25) is 5.91 Å². The lowest BCUT2D eigenvalue weighted by Crippen LogP contribution is -2.15. The van der Waals surface area contributed by atoms with Gasteiger partial charge < -0.3 is 10.8 Å². The van der Waals surface area contributed by atoms with Crippen molar-refractivity contribution in [3.63, 3.8) is 0 Å². The molecule has 1 amide bonds. The summed E-state index contributed by atoms with van der Waals surface area (Å²) >= 11 is 3.64. The van der Waals surface area contributed by atoms with E-state index in [1.165, 1.54) is 0 Å². The number of amides is 1. The molecule has 1 aliphatic rings. The van der Waals surface area contributed by atoms with E-state index >= 15 is 0 Å². The van der Waals surface area contributed by atoms with E-state index in [0.29, 0.717) is 12.0 Å². The van der Waals surface area contributed by atoms with Crippen LogP contribution in [0.4, 0.5) is 0 Å². The van der Waals surface area contributed by atoms with Crippen LogP contribution in [-0.4, -0.2) is 11.0 Å². The molecule has 3 rings (SSSR count). The molecule has 4 heteroatoms. The van der Waals surface area contributed by atoms with E-state index < -0.39 is 11.5 Å². The Bertz CT molecular complexity index is 804. The Hall–Kier alpha value is -1.65. The number of aliphatic hydroxyl groups is 1. The van der Waals surface area contributed by atoms with Gasteiger partial charge in [-0.25, -0.2) is 0 Å². The Labute approximate surface area is 138 Å². The molecule has 2 aromatic carbocycles. The minimum atomic E-state index is -0.885. The first-order chi connectivity index (χ1) is 10.2. The highest BCUT2D eigenvalue weighted by atomic mass is 79.9. The van der Waals surface area contributed by atoms with E-state index in [0.717, 1.165) is 37.9 Å². The molecule has 0 aliphatic heterocycles. The predicted octanol–water partition coefficient (Wildman–Crippen LogP) is 3.66. The molecule has 1 aliphatic carbocycles. The molecule has 0 saturated carbocycles. The van der Waals surface area contributed by atoms with Gasteiger partial charge in [-0.05, 0) is 77.0 Å². The number of primary amides is 1. The lowest BCUT2D eigenvalue weighted by atomic mass is 9.94. The topological polar surface area (TPSA) is 63.3 Å². The van der Waals surface area contributed by atoms with E-state index in [1.54, 1.807) is 13.8 Å². The summed E-state index contributed by atoms with van der Waals surface area (Å²) < 4.78 is 1.00. The smallest absolute Gasteiger partial charge is 0.249 e. The first kappa shape index (κ1) is 15.3. The predicted molar refractivity (Wildman–Crippen MR) is 90.9 cm³/mol. The van der Waals surface area contributed by atoms with Gasteiger partial charge >= 0.3 is 0 Å². The summed E-state index contributed by atoms with van der Waals surface area (Å²) in [4.78, 5) is 11.8. The largest absolute Gasteiger partial charge is 0.386 e. The van der Waals surface area contributed by atoms with Crippen LogP contribution < -0.4 is 5.73 Å². The first-order valence-corrected chi connectivity index (χ1v) is 7.97. The molecule has 0 radical (unpaired) electrons. The monoisotopic (exact) mass is 359 g/mol. The lowest BCUT2D eigenvalue weighted by molar-refractivity contribution is 0.0785. The van der Waals surface area contributed by atoms with Crippen molar-refractivity contribution in [1.29, 1.82) is 0 Å². The third-order valence-electron chi connectivity index (χ3n) is 4.27.